The lowest BCUT2D eigenvalue weighted by Gasteiger charge is -2.38. The summed E-state index contributed by atoms with van der Waals surface area (Å²) in [5.74, 6) is 0.296. The summed E-state index contributed by atoms with van der Waals surface area (Å²) >= 11 is 0. The number of nitrogens with one attached hydrogen (secondary N) is 1. The molecule has 0 saturated carbocycles. The summed E-state index contributed by atoms with van der Waals surface area (Å²) in [5, 5.41) is 3.07. The second kappa shape index (κ2) is 7.74. The van der Waals surface area contributed by atoms with Gasteiger partial charge >= 0.3 is 0 Å². The van der Waals surface area contributed by atoms with Crippen LogP contribution in [0.4, 0.5) is 0 Å². The van der Waals surface area contributed by atoms with Crippen LogP contribution in [0.25, 0.3) is 0 Å². The summed E-state index contributed by atoms with van der Waals surface area (Å²) in [6.45, 7) is 12.4. The maximum absolute atomic E-state index is 11.6. The van der Waals surface area contributed by atoms with Crippen molar-refractivity contribution in [1.82, 2.24) is 10.2 Å². The molecule has 4 nitrogen and oxygen atoms in total. The van der Waals surface area contributed by atoms with E-state index in [4.69, 9.17) is 5.73 Å². The highest BCUT2D eigenvalue weighted by Gasteiger charge is 2.33. The van der Waals surface area contributed by atoms with E-state index in [0.29, 0.717) is 18.5 Å². The van der Waals surface area contributed by atoms with Crippen molar-refractivity contribution in [1.29, 1.82) is 0 Å². The summed E-state index contributed by atoms with van der Waals surface area (Å²) in [7, 11) is 1.80. The Labute approximate surface area is 112 Å². The van der Waals surface area contributed by atoms with Gasteiger partial charge in [0, 0.05) is 19.1 Å². The molecule has 0 aromatic heterocycles. The number of hydrogen-bond donors (Lipinski definition) is 2. The van der Waals surface area contributed by atoms with E-state index >= 15 is 0 Å². The van der Waals surface area contributed by atoms with Crippen molar-refractivity contribution in [3.8, 4) is 0 Å². The molecule has 3 N–H and O–H groups in total. The SMILES string of the molecule is CCC(CC)N(CC(C)C)CC(C)(NC)C(N)=O. The first-order valence-electron chi connectivity index (χ1n) is 7.03. The molecule has 0 aliphatic rings. The molecule has 108 valence electrons. The first kappa shape index (κ1) is 17.4. The fourth-order valence-corrected chi connectivity index (χ4v) is 2.30. The maximum Gasteiger partial charge on any atom is 0.238 e. The minimum atomic E-state index is -0.655. The molecular formula is C14H31N3O. The van der Waals surface area contributed by atoms with Gasteiger partial charge in [0.2, 0.25) is 5.91 Å². The van der Waals surface area contributed by atoms with Crippen molar-refractivity contribution in [3.63, 3.8) is 0 Å². The Morgan fingerprint density at radius 2 is 1.83 bits per heavy atom. The Morgan fingerprint density at radius 3 is 2.11 bits per heavy atom. The second-order valence-corrected chi connectivity index (χ2v) is 5.74. The van der Waals surface area contributed by atoms with Crippen LogP contribution >= 0.6 is 0 Å². The number of nitrogens with zero attached hydrogens (tertiary/aromatic N) is 1. The fraction of sp³-hybridized carbons (Fsp3) is 0.929. The fourth-order valence-electron chi connectivity index (χ4n) is 2.30. The number of primary amides is 1. The zero-order valence-electron chi connectivity index (χ0n) is 12.9. The third-order valence-corrected chi connectivity index (χ3v) is 3.67. The topological polar surface area (TPSA) is 58.4 Å². The molecule has 0 aliphatic heterocycles. The molecule has 0 rings (SSSR count). The number of hydrogen-bond acceptors (Lipinski definition) is 3. The monoisotopic (exact) mass is 257 g/mol. The van der Waals surface area contributed by atoms with Crippen molar-refractivity contribution in [2.75, 3.05) is 20.1 Å². The summed E-state index contributed by atoms with van der Waals surface area (Å²) in [5.41, 5.74) is 4.86. The van der Waals surface area contributed by atoms with Crippen LogP contribution in [0.3, 0.4) is 0 Å². The van der Waals surface area contributed by atoms with Gasteiger partial charge in [0.1, 0.15) is 5.54 Å². The number of rotatable bonds is 9. The molecule has 0 bridgehead atoms. The summed E-state index contributed by atoms with van der Waals surface area (Å²) < 4.78 is 0. The van der Waals surface area contributed by atoms with Crippen molar-refractivity contribution < 1.29 is 4.79 Å². The number of carbonyl (C=O) groups is 1. The van der Waals surface area contributed by atoms with Crippen molar-refractivity contribution in [2.45, 2.75) is 59.0 Å². The molecule has 0 saturated heterocycles. The molecule has 18 heavy (non-hydrogen) atoms. The highest BCUT2D eigenvalue weighted by Crippen LogP contribution is 2.16. The lowest BCUT2D eigenvalue weighted by Crippen LogP contribution is -2.60. The molecule has 0 aromatic carbocycles. The average molecular weight is 257 g/mol. The van der Waals surface area contributed by atoms with Crippen molar-refractivity contribution in [2.24, 2.45) is 11.7 Å². The highest BCUT2D eigenvalue weighted by atomic mass is 16.1. The van der Waals surface area contributed by atoms with Gasteiger partial charge in [0.15, 0.2) is 0 Å². The van der Waals surface area contributed by atoms with E-state index in [0.717, 1.165) is 19.4 Å². The van der Waals surface area contributed by atoms with E-state index in [1.807, 2.05) is 6.92 Å². The molecule has 0 radical (unpaired) electrons. The molecule has 1 unspecified atom stereocenters. The molecule has 1 amide bonds. The Bertz CT molecular complexity index is 251. The van der Waals surface area contributed by atoms with Crippen LogP contribution in [0.5, 0.6) is 0 Å². The third-order valence-electron chi connectivity index (χ3n) is 3.67. The van der Waals surface area contributed by atoms with E-state index in [1.54, 1.807) is 7.05 Å². The van der Waals surface area contributed by atoms with Gasteiger partial charge in [-0.05, 0) is 32.7 Å². The Kier molecular flexibility index (Phi) is 7.48. The lowest BCUT2D eigenvalue weighted by atomic mass is 9.97. The quantitative estimate of drug-likeness (QED) is 0.659. The number of carbonyl (C=O) groups excluding carboxylic acids is 1. The third kappa shape index (κ3) is 4.94. The Morgan fingerprint density at radius 1 is 1.33 bits per heavy atom. The van der Waals surface area contributed by atoms with Gasteiger partial charge in [-0.15, -0.1) is 0 Å². The van der Waals surface area contributed by atoms with E-state index in [9.17, 15) is 4.79 Å². The van der Waals surface area contributed by atoms with Crippen LogP contribution in [-0.4, -0.2) is 42.5 Å². The normalized spacial score (nSPS) is 15.4. The first-order chi connectivity index (χ1) is 8.30. The molecule has 0 spiro atoms. The summed E-state index contributed by atoms with van der Waals surface area (Å²) in [6, 6.07) is 0.513. The zero-order chi connectivity index (χ0) is 14.3. The van der Waals surface area contributed by atoms with E-state index in [2.05, 4.69) is 37.9 Å². The standard InChI is InChI=1S/C14H31N3O/c1-7-12(8-2)17(9-11(3)4)10-14(5,16-6)13(15)18/h11-12,16H,7-10H2,1-6H3,(H2,15,18). The Balaban J connectivity index is 4.91. The predicted octanol–water partition coefficient (Wildman–Crippen LogP) is 1.60. The van der Waals surface area contributed by atoms with E-state index in [1.165, 1.54) is 0 Å². The minimum absolute atomic E-state index is 0.287. The minimum Gasteiger partial charge on any atom is -0.368 e. The van der Waals surface area contributed by atoms with Gasteiger partial charge in [-0.3, -0.25) is 9.69 Å². The van der Waals surface area contributed by atoms with Crippen molar-refractivity contribution >= 4 is 5.91 Å². The van der Waals surface area contributed by atoms with E-state index in [-0.39, 0.29) is 5.91 Å². The lowest BCUT2D eigenvalue weighted by molar-refractivity contribution is -0.124. The molecule has 0 aliphatic carbocycles. The van der Waals surface area contributed by atoms with Crippen molar-refractivity contribution in [3.05, 3.63) is 0 Å². The number of likely N-dealkylation sites (N-methyl/N-ethyl adjacent to an activating group) is 1. The average Bonchev–Trinajstić information content (AvgIpc) is 2.29. The molecule has 0 fully saturated rings. The smallest absolute Gasteiger partial charge is 0.238 e. The zero-order valence-corrected chi connectivity index (χ0v) is 12.9. The van der Waals surface area contributed by atoms with Gasteiger partial charge in [-0.25, -0.2) is 0 Å². The molecule has 1 atom stereocenters. The molecule has 4 heteroatoms. The highest BCUT2D eigenvalue weighted by molar-refractivity contribution is 5.84. The van der Waals surface area contributed by atoms with Crippen LogP contribution in [0.2, 0.25) is 0 Å². The second-order valence-electron chi connectivity index (χ2n) is 5.74. The van der Waals surface area contributed by atoms with Crippen LogP contribution in [0.1, 0.15) is 47.5 Å². The number of amides is 1. The van der Waals surface area contributed by atoms with Crippen LogP contribution in [0, 0.1) is 5.92 Å². The molecule has 0 aromatic rings. The van der Waals surface area contributed by atoms with Gasteiger partial charge in [0.25, 0.3) is 0 Å². The van der Waals surface area contributed by atoms with Gasteiger partial charge in [-0.2, -0.15) is 0 Å². The Hall–Kier alpha value is -0.610. The summed E-state index contributed by atoms with van der Waals surface area (Å²) in [6.07, 6.45) is 2.20. The van der Waals surface area contributed by atoms with Crippen LogP contribution < -0.4 is 11.1 Å². The number of nitrogens with two attached hydrogens (primary N) is 1. The van der Waals surface area contributed by atoms with Crippen LogP contribution in [0.15, 0.2) is 0 Å². The first-order valence-corrected chi connectivity index (χ1v) is 7.03. The predicted molar refractivity (Wildman–Crippen MR) is 77.4 cm³/mol. The summed E-state index contributed by atoms with van der Waals surface area (Å²) in [4.78, 5) is 14.0. The van der Waals surface area contributed by atoms with E-state index < -0.39 is 5.54 Å². The van der Waals surface area contributed by atoms with Gasteiger partial charge in [0.05, 0.1) is 0 Å². The maximum atomic E-state index is 11.6. The molecule has 0 heterocycles. The largest absolute Gasteiger partial charge is 0.368 e. The van der Waals surface area contributed by atoms with Gasteiger partial charge < -0.3 is 11.1 Å². The molecular weight excluding hydrogens is 226 g/mol. The van der Waals surface area contributed by atoms with Crippen LogP contribution in [-0.2, 0) is 4.79 Å². The van der Waals surface area contributed by atoms with Gasteiger partial charge in [-0.1, -0.05) is 27.7 Å².